The fraction of sp³-hybridized carbons (Fsp3) is 0.529. The van der Waals surface area contributed by atoms with Gasteiger partial charge in [-0.1, -0.05) is 28.7 Å². The van der Waals surface area contributed by atoms with Crippen LogP contribution in [0.15, 0.2) is 15.4 Å². The zero-order valence-electron chi connectivity index (χ0n) is 13.6. The fourth-order valence-corrected chi connectivity index (χ4v) is 7.53. The van der Waals surface area contributed by atoms with Crippen molar-refractivity contribution in [2.24, 2.45) is 23.7 Å². The Bertz CT molecular complexity index is 932. The van der Waals surface area contributed by atoms with Crippen LogP contribution in [0.25, 0.3) is 6.08 Å². The Morgan fingerprint density at radius 3 is 2.81 bits per heavy atom. The monoisotopic (exact) mass is 392 g/mol. The molecular weight excluding hydrogens is 376 g/mol. The molecule has 0 spiro atoms. The molecule has 0 aromatic carbocycles. The summed E-state index contributed by atoms with van der Waals surface area (Å²) in [5.41, 5.74) is 1.19. The zero-order chi connectivity index (χ0) is 18.2. The molecule has 2 N–H and O–H groups in total. The maximum absolute atomic E-state index is 12.9. The molecule has 5 atom stereocenters. The summed E-state index contributed by atoms with van der Waals surface area (Å²) in [6, 6.07) is 0. The third-order valence-corrected chi connectivity index (χ3v) is 8.40. The average Bonchev–Trinajstić information content (AvgIpc) is 3.28. The van der Waals surface area contributed by atoms with Gasteiger partial charge in [0.2, 0.25) is 11.8 Å². The molecule has 7 nitrogen and oxygen atoms in total. The van der Waals surface area contributed by atoms with Crippen molar-refractivity contribution >= 4 is 47.0 Å². The molecule has 1 aromatic heterocycles. The average molecular weight is 392 g/mol. The standard InChI is InChI=1S/C17H16N2O5S2/c20-10(21)2-1-3-19-15(22)11-6-4-8(12(11)16(19)23)13-7(6)5-9-14(26-13)18-17(24)25-9/h5-6,8,11-13H,1-4H2,(H,18,24)(H,20,21)/t6-,8-,11-,12-,13-/m1/s1. The summed E-state index contributed by atoms with van der Waals surface area (Å²) in [5.74, 6) is -1.63. The first kappa shape index (κ1) is 16.3. The van der Waals surface area contributed by atoms with E-state index in [9.17, 15) is 19.2 Å². The number of carboxylic acid groups (broad SMARTS) is 1. The van der Waals surface area contributed by atoms with Crippen LogP contribution in [-0.2, 0) is 14.4 Å². The van der Waals surface area contributed by atoms with E-state index in [0.29, 0.717) is 6.42 Å². The summed E-state index contributed by atoms with van der Waals surface area (Å²) in [6.07, 6.45) is 3.14. The Hall–Kier alpha value is -1.87. The van der Waals surface area contributed by atoms with Crippen molar-refractivity contribution < 1.29 is 19.5 Å². The Morgan fingerprint density at radius 2 is 2.04 bits per heavy atom. The summed E-state index contributed by atoms with van der Waals surface area (Å²) in [5, 5.41) is 9.79. The summed E-state index contributed by atoms with van der Waals surface area (Å²) in [6.45, 7) is 0.188. The van der Waals surface area contributed by atoms with Crippen molar-refractivity contribution in [3.63, 3.8) is 0 Å². The molecule has 26 heavy (non-hydrogen) atoms. The van der Waals surface area contributed by atoms with Gasteiger partial charge < -0.3 is 10.1 Å². The van der Waals surface area contributed by atoms with Crippen LogP contribution in [0.1, 0.15) is 24.1 Å². The lowest BCUT2D eigenvalue weighted by Crippen LogP contribution is -2.35. The number of hydrogen-bond acceptors (Lipinski definition) is 6. The minimum Gasteiger partial charge on any atom is -0.481 e. The largest absolute Gasteiger partial charge is 0.481 e. The van der Waals surface area contributed by atoms with Crippen LogP contribution in [0.5, 0.6) is 0 Å². The summed E-state index contributed by atoms with van der Waals surface area (Å²) < 4.78 is 0. The number of H-pyrrole nitrogens is 1. The van der Waals surface area contributed by atoms with E-state index in [1.807, 2.05) is 6.08 Å². The number of aliphatic carboxylic acids is 1. The van der Waals surface area contributed by atoms with Gasteiger partial charge in [0, 0.05) is 18.2 Å². The van der Waals surface area contributed by atoms with Gasteiger partial charge in [0.05, 0.1) is 21.7 Å². The number of hydrogen-bond donors (Lipinski definition) is 2. The van der Waals surface area contributed by atoms with Crippen molar-refractivity contribution in [2.75, 3.05) is 6.54 Å². The highest BCUT2D eigenvalue weighted by molar-refractivity contribution is 8.00. The van der Waals surface area contributed by atoms with Crippen LogP contribution in [0.4, 0.5) is 0 Å². The summed E-state index contributed by atoms with van der Waals surface area (Å²) in [7, 11) is 0. The highest BCUT2D eigenvalue weighted by Crippen LogP contribution is 2.64. The molecule has 5 rings (SSSR count). The molecule has 3 fully saturated rings. The van der Waals surface area contributed by atoms with Crippen molar-refractivity contribution in [2.45, 2.75) is 29.5 Å². The molecular formula is C17H16N2O5S2. The van der Waals surface area contributed by atoms with Crippen LogP contribution < -0.4 is 4.87 Å². The van der Waals surface area contributed by atoms with Crippen LogP contribution in [0.2, 0.25) is 0 Å². The molecule has 136 valence electrons. The number of nitrogens with one attached hydrogen (secondary N) is 1. The molecule has 2 saturated carbocycles. The number of imide groups is 1. The number of carbonyl (C=O) groups excluding carboxylic acids is 2. The number of rotatable bonds is 4. The maximum atomic E-state index is 12.9. The van der Waals surface area contributed by atoms with E-state index in [1.54, 1.807) is 11.8 Å². The molecule has 2 bridgehead atoms. The smallest absolute Gasteiger partial charge is 0.305 e. The lowest BCUT2D eigenvalue weighted by Gasteiger charge is -2.32. The number of fused-ring (bicyclic) bond motifs is 9. The third kappa shape index (κ3) is 2.13. The minimum atomic E-state index is -0.919. The number of aromatic nitrogens is 1. The van der Waals surface area contributed by atoms with E-state index < -0.39 is 5.97 Å². The molecule has 3 heterocycles. The lowest BCUT2D eigenvalue weighted by molar-refractivity contribution is -0.142. The molecule has 1 saturated heterocycles. The number of likely N-dealkylation sites (tertiary alicyclic amines) is 1. The third-order valence-electron chi connectivity index (χ3n) is 6.01. The van der Waals surface area contributed by atoms with Crippen molar-refractivity contribution in [3.8, 4) is 0 Å². The quantitative estimate of drug-likeness (QED) is 0.750. The number of thioether (sulfide) groups is 1. The SMILES string of the molecule is O=C(O)CCCN1C(=O)[C@@H]2[C@H]3C[C@H](C4=Cc5sc(=O)[nH]c5S[C@H]43)[C@H]2C1=O. The van der Waals surface area contributed by atoms with Crippen LogP contribution in [0, 0.1) is 23.7 Å². The first-order chi connectivity index (χ1) is 12.5. The van der Waals surface area contributed by atoms with Crippen molar-refractivity contribution in [3.05, 3.63) is 20.1 Å². The van der Waals surface area contributed by atoms with Crippen LogP contribution in [0.3, 0.4) is 0 Å². The van der Waals surface area contributed by atoms with Gasteiger partial charge in [0.15, 0.2) is 0 Å². The molecule has 0 unspecified atom stereocenters. The first-order valence-electron chi connectivity index (χ1n) is 8.64. The predicted octanol–water partition coefficient (Wildman–Crippen LogP) is 1.41. The molecule has 0 radical (unpaired) electrons. The Morgan fingerprint density at radius 1 is 1.27 bits per heavy atom. The minimum absolute atomic E-state index is 0.0452. The fourth-order valence-electron chi connectivity index (χ4n) is 5.09. The molecule has 1 aromatic rings. The second-order valence-electron chi connectivity index (χ2n) is 7.27. The number of amides is 2. The molecule has 4 aliphatic rings. The van der Waals surface area contributed by atoms with Gasteiger partial charge in [-0.05, 0) is 30.8 Å². The number of thiazole rings is 1. The number of carbonyl (C=O) groups is 3. The van der Waals surface area contributed by atoms with Gasteiger partial charge >= 0.3 is 10.8 Å². The maximum Gasteiger partial charge on any atom is 0.305 e. The highest BCUT2D eigenvalue weighted by atomic mass is 32.2. The van der Waals surface area contributed by atoms with E-state index in [0.717, 1.165) is 16.3 Å². The first-order valence-corrected chi connectivity index (χ1v) is 10.3. The van der Waals surface area contributed by atoms with E-state index in [4.69, 9.17) is 5.11 Å². The Balaban J connectivity index is 1.43. The van der Waals surface area contributed by atoms with Crippen LogP contribution >= 0.6 is 23.1 Å². The van der Waals surface area contributed by atoms with Crippen LogP contribution in [-0.4, -0.2) is 44.6 Å². The lowest BCUT2D eigenvalue weighted by atomic mass is 9.77. The highest BCUT2D eigenvalue weighted by Gasteiger charge is 2.66. The van der Waals surface area contributed by atoms with E-state index in [2.05, 4.69) is 4.98 Å². The summed E-state index contributed by atoms with van der Waals surface area (Å²) >= 11 is 2.79. The zero-order valence-corrected chi connectivity index (χ0v) is 15.3. The van der Waals surface area contributed by atoms with Crippen molar-refractivity contribution in [1.82, 2.24) is 9.88 Å². The molecule has 9 heteroatoms. The van der Waals surface area contributed by atoms with E-state index in [-0.39, 0.29) is 58.6 Å². The Kier molecular flexibility index (Phi) is 3.49. The number of aromatic amines is 1. The van der Waals surface area contributed by atoms with E-state index >= 15 is 0 Å². The topological polar surface area (TPSA) is 108 Å². The van der Waals surface area contributed by atoms with Gasteiger partial charge in [-0.15, -0.1) is 0 Å². The molecule has 2 aliphatic heterocycles. The summed E-state index contributed by atoms with van der Waals surface area (Å²) in [4.78, 5) is 53.0. The van der Waals surface area contributed by atoms with Gasteiger partial charge in [-0.2, -0.15) is 0 Å². The van der Waals surface area contributed by atoms with Crippen molar-refractivity contribution in [1.29, 1.82) is 0 Å². The van der Waals surface area contributed by atoms with Gasteiger partial charge in [-0.25, -0.2) is 0 Å². The molecule has 2 aliphatic carbocycles. The number of nitrogens with zero attached hydrogens (tertiary/aromatic N) is 1. The predicted molar refractivity (Wildman–Crippen MR) is 94.7 cm³/mol. The van der Waals surface area contributed by atoms with Gasteiger partial charge in [0.1, 0.15) is 0 Å². The second-order valence-corrected chi connectivity index (χ2v) is 9.44. The Labute approximate surface area is 156 Å². The van der Waals surface area contributed by atoms with E-state index in [1.165, 1.54) is 21.8 Å². The molecule has 2 amide bonds. The number of carboxylic acids is 1. The van der Waals surface area contributed by atoms with Gasteiger partial charge in [0.25, 0.3) is 0 Å². The normalized spacial score (nSPS) is 33.9. The second kappa shape index (κ2) is 5.56. The van der Waals surface area contributed by atoms with Gasteiger partial charge in [-0.3, -0.25) is 24.1 Å².